The highest BCUT2D eigenvalue weighted by Crippen LogP contribution is 2.36. The molecule has 0 heterocycles. The Hall–Kier alpha value is -2.19. The molecule has 132 valence electrons. The quantitative estimate of drug-likeness (QED) is 0.654. The van der Waals surface area contributed by atoms with Crippen LogP contribution in [0.2, 0.25) is 5.02 Å². The van der Waals surface area contributed by atoms with Gasteiger partial charge in [-0.25, -0.2) is 0 Å². The molecule has 2 aromatic rings. The van der Waals surface area contributed by atoms with E-state index in [1.165, 1.54) is 18.2 Å². The number of nitrogens with zero attached hydrogens (tertiary/aromatic N) is 1. The van der Waals surface area contributed by atoms with Crippen molar-refractivity contribution >= 4 is 17.3 Å². The lowest BCUT2D eigenvalue weighted by atomic mass is 10.0. The van der Waals surface area contributed by atoms with Gasteiger partial charge in [0, 0.05) is 5.69 Å². The molecule has 0 aliphatic heterocycles. The van der Waals surface area contributed by atoms with Gasteiger partial charge in [-0.05, 0) is 48.2 Å². The van der Waals surface area contributed by atoms with Crippen molar-refractivity contribution in [2.45, 2.75) is 38.4 Å². The number of unbranched alkanes of at least 4 members (excludes halogenated alkanes) is 1. The molecule has 0 aliphatic rings. The summed E-state index contributed by atoms with van der Waals surface area (Å²) in [5.74, 6) is 0. The Morgan fingerprint density at radius 2 is 1.84 bits per heavy atom. The second-order valence-electron chi connectivity index (χ2n) is 5.77. The summed E-state index contributed by atoms with van der Waals surface area (Å²) >= 11 is 5.81. The van der Waals surface area contributed by atoms with Crippen LogP contribution >= 0.6 is 11.6 Å². The smallest absolute Gasteiger partial charge is 0.370 e. The maximum atomic E-state index is 13.5. The lowest BCUT2D eigenvalue weighted by molar-refractivity contribution is -0.144. The van der Waals surface area contributed by atoms with Gasteiger partial charge in [0.15, 0.2) is 0 Å². The maximum absolute atomic E-state index is 13.5. The van der Waals surface area contributed by atoms with Crippen LogP contribution in [0.25, 0.3) is 0 Å². The first kappa shape index (κ1) is 19.1. The van der Waals surface area contributed by atoms with Gasteiger partial charge in [0.25, 0.3) is 0 Å². The summed E-state index contributed by atoms with van der Waals surface area (Å²) in [5, 5.41) is 11.6. The molecule has 0 aromatic heterocycles. The van der Waals surface area contributed by atoms with Crippen LogP contribution in [0.15, 0.2) is 42.5 Å². The van der Waals surface area contributed by atoms with Crippen molar-refractivity contribution in [1.29, 1.82) is 5.26 Å². The number of hydrogen-bond acceptors (Lipinski definition) is 2. The van der Waals surface area contributed by atoms with E-state index in [4.69, 9.17) is 16.9 Å². The van der Waals surface area contributed by atoms with Crippen molar-refractivity contribution in [1.82, 2.24) is 0 Å². The normalized spacial score (nSPS) is 12.5. The first-order chi connectivity index (χ1) is 11.8. The molecule has 0 radical (unpaired) electrons. The Balaban J connectivity index is 2.26. The van der Waals surface area contributed by atoms with Crippen molar-refractivity contribution in [2.24, 2.45) is 0 Å². The summed E-state index contributed by atoms with van der Waals surface area (Å²) in [6.07, 6.45) is -1.50. The van der Waals surface area contributed by atoms with Gasteiger partial charge >= 0.3 is 6.18 Å². The molecule has 0 spiro atoms. The van der Waals surface area contributed by atoms with Crippen molar-refractivity contribution < 1.29 is 13.2 Å². The van der Waals surface area contributed by atoms with E-state index in [0.717, 1.165) is 24.8 Å². The molecule has 1 atom stereocenters. The molecule has 2 nitrogen and oxygen atoms in total. The molecule has 2 aromatic carbocycles. The molecule has 1 N–H and O–H groups in total. The van der Waals surface area contributed by atoms with E-state index >= 15 is 0 Å². The van der Waals surface area contributed by atoms with Crippen LogP contribution in [0.4, 0.5) is 18.9 Å². The fourth-order valence-corrected chi connectivity index (χ4v) is 2.64. The summed E-state index contributed by atoms with van der Waals surface area (Å²) < 4.78 is 40.5. The zero-order valence-electron chi connectivity index (χ0n) is 13.7. The summed E-state index contributed by atoms with van der Waals surface area (Å²) in [5.41, 5.74) is 1.43. The monoisotopic (exact) mass is 366 g/mol. The summed E-state index contributed by atoms with van der Waals surface area (Å²) in [7, 11) is 0. The number of anilines is 1. The zero-order chi connectivity index (χ0) is 18.4. The zero-order valence-corrected chi connectivity index (χ0v) is 14.5. The molecule has 0 aliphatic carbocycles. The second-order valence-corrected chi connectivity index (χ2v) is 6.18. The number of aryl methyl sites for hydroxylation is 1. The van der Waals surface area contributed by atoms with E-state index in [0.29, 0.717) is 5.69 Å². The molecular weight excluding hydrogens is 349 g/mol. The number of benzene rings is 2. The average Bonchev–Trinajstić information content (AvgIpc) is 2.58. The summed E-state index contributed by atoms with van der Waals surface area (Å²) in [4.78, 5) is 0. The van der Waals surface area contributed by atoms with Gasteiger partial charge < -0.3 is 5.32 Å². The van der Waals surface area contributed by atoms with E-state index < -0.39 is 12.2 Å². The number of halogens is 4. The number of alkyl halides is 3. The maximum Gasteiger partial charge on any atom is 0.412 e. The molecule has 1 unspecified atom stereocenters. The molecule has 6 heteroatoms. The van der Waals surface area contributed by atoms with Crippen LogP contribution in [-0.2, 0) is 6.42 Å². The number of rotatable bonds is 6. The van der Waals surface area contributed by atoms with Crippen molar-refractivity contribution in [3.63, 3.8) is 0 Å². The highest BCUT2D eigenvalue weighted by Gasteiger charge is 2.41. The highest BCUT2D eigenvalue weighted by atomic mass is 35.5. The van der Waals surface area contributed by atoms with Gasteiger partial charge in [-0.15, -0.1) is 0 Å². The van der Waals surface area contributed by atoms with E-state index in [2.05, 4.69) is 12.2 Å². The van der Waals surface area contributed by atoms with Crippen LogP contribution in [0.5, 0.6) is 0 Å². The van der Waals surface area contributed by atoms with Gasteiger partial charge in [-0.1, -0.05) is 43.1 Å². The van der Waals surface area contributed by atoms with E-state index in [9.17, 15) is 13.2 Å². The third-order valence-electron chi connectivity index (χ3n) is 3.86. The minimum Gasteiger partial charge on any atom is -0.370 e. The van der Waals surface area contributed by atoms with E-state index in [1.54, 1.807) is 18.2 Å². The van der Waals surface area contributed by atoms with Crippen molar-refractivity contribution in [3.8, 4) is 6.07 Å². The predicted octanol–water partition coefficient (Wildman–Crippen LogP) is 6.27. The fourth-order valence-electron chi connectivity index (χ4n) is 2.48. The third kappa shape index (κ3) is 5.14. The largest absolute Gasteiger partial charge is 0.412 e. The topological polar surface area (TPSA) is 35.8 Å². The lowest BCUT2D eigenvalue weighted by Gasteiger charge is -2.23. The standard InChI is InChI=1S/C19H18ClF3N2/c1-2-3-4-13-5-8-16(9-6-13)25-18(19(21,22)23)14-7-10-17(20)15(11-14)12-24/h5-11,18,25H,2-4H2,1H3. The second kappa shape index (κ2) is 8.26. The summed E-state index contributed by atoms with van der Waals surface area (Å²) in [6, 6.07) is 10.6. The van der Waals surface area contributed by atoms with Gasteiger partial charge in [0.1, 0.15) is 12.1 Å². The van der Waals surface area contributed by atoms with E-state index in [-0.39, 0.29) is 16.1 Å². The van der Waals surface area contributed by atoms with Crippen LogP contribution in [0.3, 0.4) is 0 Å². The van der Waals surface area contributed by atoms with Gasteiger partial charge in [-0.2, -0.15) is 18.4 Å². The first-order valence-corrected chi connectivity index (χ1v) is 8.34. The Kier molecular flexibility index (Phi) is 6.33. The number of nitrogens with one attached hydrogen (secondary N) is 1. The third-order valence-corrected chi connectivity index (χ3v) is 4.19. The Morgan fingerprint density at radius 3 is 2.40 bits per heavy atom. The molecule has 2 rings (SSSR count). The van der Waals surface area contributed by atoms with Crippen LogP contribution in [-0.4, -0.2) is 6.18 Å². The van der Waals surface area contributed by atoms with Crippen molar-refractivity contribution in [3.05, 3.63) is 64.2 Å². The van der Waals surface area contributed by atoms with Crippen LogP contribution in [0, 0.1) is 11.3 Å². The molecule has 0 fully saturated rings. The van der Waals surface area contributed by atoms with Crippen LogP contribution in [0.1, 0.15) is 42.5 Å². The van der Waals surface area contributed by atoms with Gasteiger partial charge in [0.2, 0.25) is 0 Å². The molecule has 0 saturated carbocycles. The summed E-state index contributed by atoms with van der Waals surface area (Å²) in [6.45, 7) is 2.09. The SMILES string of the molecule is CCCCc1ccc(NC(c2ccc(Cl)c(C#N)c2)C(F)(F)F)cc1. The number of hydrogen-bond donors (Lipinski definition) is 1. The molecule has 0 saturated heterocycles. The van der Waals surface area contributed by atoms with Gasteiger partial charge in [-0.3, -0.25) is 0 Å². The average molecular weight is 367 g/mol. The number of nitriles is 1. The van der Waals surface area contributed by atoms with Gasteiger partial charge in [0.05, 0.1) is 10.6 Å². The minimum atomic E-state index is -4.51. The van der Waals surface area contributed by atoms with Crippen LogP contribution < -0.4 is 5.32 Å². The molecule has 0 bridgehead atoms. The Labute approximate surface area is 150 Å². The molecule has 25 heavy (non-hydrogen) atoms. The first-order valence-electron chi connectivity index (χ1n) is 7.97. The Morgan fingerprint density at radius 1 is 1.16 bits per heavy atom. The fraction of sp³-hybridized carbons (Fsp3) is 0.316. The minimum absolute atomic E-state index is 0.0186. The highest BCUT2D eigenvalue weighted by molar-refractivity contribution is 6.31. The Bertz CT molecular complexity index is 749. The molecular formula is C19H18ClF3N2. The molecule has 0 amide bonds. The predicted molar refractivity (Wildman–Crippen MR) is 93.6 cm³/mol. The van der Waals surface area contributed by atoms with E-state index in [1.807, 2.05) is 12.1 Å². The van der Waals surface area contributed by atoms with Crippen molar-refractivity contribution in [2.75, 3.05) is 5.32 Å². The lowest BCUT2D eigenvalue weighted by Crippen LogP contribution is -2.28.